The fraction of sp³-hybridized carbons (Fsp3) is 0.294. The highest BCUT2D eigenvalue weighted by Crippen LogP contribution is 2.39. The van der Waals surface area contributed by atoms with Crippen molar-refractivity contribution in [1.29, 1.82) is 0 Å². The summed E-state index contributed by atoms with van der Waals surface area (Å²) in [7, 11) is 4.73. The van der Waals surface area contributed by atoms with E-state index in [1.807, 2.05) is 12.1 Å². The molecule has 124 valence electrons. The first kappa shape index (κ1) is 17.4. The van der Waals surface area contributed by atoms with Crippen LogP contribution < -0.4 is 19.5 Å². The third-order valence-corrected chi connectivity index (χ3v) is 3.70. The minimum absolute atomic E-state index is 0.119. The van der Waals surface area contributed by atoms with Crippen molar-refractivity contribution in [2.45, 2.75) is 13.1 Å². The molecule has 0 radical (unpaired) electrons. The van der Waals surface area contributed by atoms with E-state index in [-0.39, 0.29) is 5.02 Å². The van der Waals surface area contributed by atoms with Crippen LogP contribution in [-0.2, 0) is 13.1 Å². The van der Waals surface area contributed by atoms with Gasteiger partial charge in [-0.05, 0) is 23.8 Å². The molecule has 0 atom stereocenters. The lowest BCUT2D eigenvalue weighted by Gasteiger charge is -2.16. The van der Waals surface area contributed by atoms with Crippen LogP contribution in [0.1, 0.15) is 11.1 Å². The Morgan fingerprint density at radius 1 is 0.957 bits per heavy atom. The summed E-state index contributed by atoms with van der Waals surface area (Å²) in [5.74, 6) is 1.37. The average molecular weight is 340 g/mol. The van der Waals surface area contributed by atoms with Crippen molar-refractivity contribution >= 4 is 11.6 Å². The zero-order valence-corrected chi connectivity index (χ0v) is 14.0. The van der Waals surface area contributed by atoms with Crippen LogP contribution in [0.4, 0.5) is 4.39 Å². The van der Waals surface area contributed by atoms with Crippen molar-refractivity contribution in [3.63, 3.8) is 0 Å². The van der Waals surface area contributed by atoms with Gasteiger partial charge in [-0.2, -0.15) is 0 Å². The summed E-state index contributed by atoms with van der Waals surface area (Å²) in [6, 6.07) is 8.39. The number of nitrogens with one attached hydrogen (secondary N) is 1. The third-order valence-electron chi connectivity index (χ3n) is 3.41. The van der Waals surface area contributed by atoms with Gasteiger partial charge >= 0.3 is 0 Å². The predicted octanol–water partition coefficient (Wildman–Crippen LogP) is 3.79. The highest BCUT2D eigenvalue weighted by atomic mass is 35.5. The summed E-state index contributed by atoms with van der Waals surface area (Å²) in [4.78, 5) is 0. The standard InChI is InChI=1S/C17H19ClFNO3/c1-21-15-7-5-12(16(22-2)17(15)23-3)10-20-9-11-4-6-14(19)13(18)8-11/h4-8,20H,9-10H2,1-3H3. The van der Waals surface area contributed by atoms with Gasteiger partial charge in [0, 0.05) is 18.7 Å². The fourth-order valence-electron chi connectivity index (χ4n) is 2.29. The quantitative estimate of drug-likeness (QED) is 0.833. The lowest BCUT2D eigenvalue weighted by atomic mass is 10.1. The molecule has 2 aromatic carbocycles. The van der Waals surface area contributed by atoms with E-state index in [2.05, 4.69) is 5.32 Å². The molecule has 0 saturated carbocycles. The molecule has 6 heteroatoms. The fourth-order valence-corrected chi connectivity index (χ4v) is 2.50. The molecule has 0 aliphatic rings. The molecule has 0 heterocycles. The van der Waals surface area contributed by atoms with Crippen LogP contribution >= 0.6 is 11.6 Å². The highest BCUT2D eigenvalue weighted by molar-refractivity contribution is 6.30. The number of halogens is 2. The van der Waals surface area contributed by atoms with E-state index in [1.165, 1.54) is 6.07 Å². The topological polar surface area (TPSA) is 39.7 Å². The van der Waals surface area contributed by atoms with Gasteiger partial charge < -0.3 is 19.5 Å². The maximum absolute atomic E-state index is 13.1. The molecule has 0 aromatic heterocycles. The third kappa shape index (κ3) is 4.06. The summed E-state index contributed by atoms with van der Waals surface area (Å²) < 4.78 is 29.2. The predicted molar refractivity (Wildman–Crippen MR) is 88.1 cm³/mol. The Kier molecular flexibility index (Phi) is 6.07. The van der Waals surface area contributed by atoms with E-state index < -0.39 is 5.82 Å². The summed E-state index contributed by atoms with van der Waals surface area (Å²) >= 11 is 5.78. The smallest absolute Gasteiger partial charge is 0.203 e. The molecular formula is C17H19ClFNO3. The van der Waals surface area contributed by atoms with Gasteiger partial charge in [0.1, 0.15) is 5.82 Å². The summed E-state index contributed by atoms with van der Waals surface area (Å²) in [5, 5.41) is 3.39. The van der Waals surface area contributed by atoms with Crippen LogP contribution in [0, 0.1) is 5.82 Å². The first-order valence-corrected chi connectivity index (χ1v) is 7.41. The molecular weight excluding hydrogens is 321 g/mol. The first-order chi connectivity index (χ1) is 11.1. The van der Waals surface area contributed by atoms with Gasteiger partial charge in [-0.15, -0.1) is 0 Å². The van der Waals surface area contributed by atoms with E-state index in [0.29, 0.717) is 30.3 Å². The number of ether oxygens (including phenoxy) is 3. The molecule has 4 nitrogen and oxygen atoms in total. The Balaban J connectivity index is 2.09. The number of hydrogen-bond donors (Lipinski definition) is 1. The van der Waals surface area contributed by atoms with Crippen molar-refractivity contribution in [3.8, 4) is 17.2 Å². The largest absolute Gasteiger partial charge is 0.493 e. The van der Waals surface area contributed by atoms with Crippen molar-refractivity contribution in [2.24, 2.45) is 0 Å². The number of hydrogen-bond acceptors (Lipinski definition) is 4. The van der Waals surface area contributed by atoms with Crippen LogP contribution in [0.15, 0.2) is 30.3 Å². The van der Waals surface area contributed by atoms with Crippen LogP contribution in [0.3, 0.4) is 0 Å². The lowest BCUT2D eigenvalue weighted by molar-refractivity contribution is 0.321. The van der Waals surface area contributed by atoms with Gasteiger partial charge in [0.15, 0.2) is 11.5 Å². The van der Waals surface area contributed by atoms with Crippen LogP contribution in [0.2, 0.25) is 5.02 Å². The lowest BCUT2D eigenvalue weighted by Crippen LogP contribution is -2.14. The van der Waals surface area contributed by atoms with Gasteiger partial charge in [-0.3, -0.25) is 0 Å². The normalized spacial score (nSPS) is 10.5. The molecule has 2 rings (SSSR count). The summed E-state index contributed by atoms with van der Waals surface area (Å²) in [6.45, 7) is 1.11. The molecule has 0 aliphatic carbocycles. The maximum atomic E-state index is 13.1. The highest BCUT2D eigenvalue weighted by Gasteiger charge is 2.15. The zero-order chi connectivity index (χ0) is 16.8. The molecule has 0 spiro atoms. The Morgan fingerprint density at radius 3 is 2.30 bits per heavy atom. The second-order valence-electron chi connectivity index (χ2n) is 4.85. The Hall–Kier alpha value is -1.98. The van der Waals surface area contributed by atoms with E-state index in [4.69, 9.17) is 25.8 Å². The van der Waals surface area contributed by atoms with Gasteiger partial charge in [-0.25, -0.2) is 4.39 Å². The summed E-state index contributed by atoms with van der Waals surface area (Å²) in [5.41, 5.74) is 1.83. The Bertz CT molecular complexity index is 679. The second-order valence-corrected chi connectivity index (χ2v) is 5.25. The van der Waals surface area contributed by atoms with Crippen molar-refractivity contribution in [3.05, 3.63) is 52.3 Å². The minimum atomic E-state index is -0.419. The maximum Gasteiger partial charge on any atom is 0.203 e. The molecule has 0 unspecified atom stereocenters. The van der Waals surface area contributed by atoms with Crippen LogP contribution in [0.5, 0.6) is 17.2 Å². The van der Waals surface area contributed by atoms with Crippen LogP contribution in [0.25, 0.3) is 0 Å². The van der Waals surface area contributed by atoms with Crippen molar-refractivity contribution in [1.82, 2.24) is 5.32 Å². The first-order valence-electron chi connectivity index (χ1n) is 7.03. The van der Waals surface area contributed by atoms with Gasteiger partial charge in [0.05, 0.1) is 26.4 Å². The van der Waals surface area contributed by atoms with Gasteiger partial charge in [-0.1, -0.05) is 23.7 Å². The molecule has 1 N–H and O–H groups in total. The van der Waals surface area contributed by atoms with E-state index >= 15 is 0 Å². The second kappa shape index (κ2) is 8.04. The van der Waals surface area contributed by atoms with E-state index in [1.54, 1.807) is 33.5 Å². The SMILES string of the molecule is COc1ccc(CNCc2ccc(F)c(Cl)c2)c(OC)c1OC. The monoisotopic (exact) mass is 339 g/mol. The molecule has 0 amide bonds. The summed E-state index contributed by atoms with van der Waals surface area (Å²) in [6.07, 6.45) is 0. The molecule has 0 saturated heterocycles. The zero-order valence-electron chi connectivity index (χ0n) is 13.3. The van der Waals surface area contributed by atoms with Gasteiger partial charge in [0.2, 0.25) is 5.75 Å². The van der Waals surface area contributed by atoms with Crippen molar-refractivity contribution in [2.75, 3.05) is 21.3 Å². The minimum Gasteiger partial charge on any atom is -0.493 e. The van der Waals surface area contributed by atoms with Crippen LogP contribution in [-0.4, -0.2) is 21.3 Å². The Labute approximate surface area is 140 Å². The van der Waals surface area contributed by atoms with E-state index in [0.717, 1.165) is 11.1 Å². The number of rotatable bonds is 7. The molecule has 2 aromatic rings. The number of methoxy groups -OCH3 is 3. The molecule has 0 aliphatic heterocycles. The molecule has 0 bridgehead atoms. The molecule has 23 heavy (non-hydrogen) atoms. The Morgan fingerprint density at radius 2 is 1.70 bits per heavy atom. The molecule has 0 fully saturated rings. The van der Waals surface area contributed by atoms with E-state index in [9.17, 15) is 4.39 Å². The number of benzene rings is 2. The average Bonchev–Trinajstić information content (AvgIpc) is 2.57. The van der Waals surface area contributed by atoms with Crippen molar-refractivity contribution < 1.29 is 18.6 Å². The van der Waals surface area contributed by atoms with Gasteiger partial charge in [0.25, 0.3) is 0 Å².